The van der Waals surface area contributed by atoms with E-state index in [2.05, 4.69) is 17.2 Å². The van der Waals surface area contributed by atoms with E-state index in [0.717, 1.165) is 5.69 Å². The lowest BCUT2D eigenvalue weighted by Gasteiger charge is -2.22. The highest BCUT2D eigenvalue weighted by molar-refractivity contribution is 8.15. The first-order valence-corrected chi connectivity index (χ1v) is 8.14. The second kappa shape index (κ2) is 6.83. The Labute approximate surface area is 138 Å². The predicted octanol–water partition coefficient (Wildman–Crippen LogP) is 4.36. The predicted molar refractivity (Wildman–Crippen MR) is 93.7 cm³/mol. The summed E-state index contributed by atoms with van der Waals surface area (Å²) in [6.45, 7) is 2.76. The van der Waals surface area contributed by atoms with Crippen LogP contribution in [0.3, 0.4) is 0 Å². The molecule has 2 aromatic rings. The molecule has 4 nitrogen and oxygen atoms in total. The van der Waals surface area contributed by atoms with E-state index >= 15 is 0 Å². The molecule has 0 aromatic heterocycles. The lowest BCUT2D eigenvalue weighted by molar-refractivity contribution is 0.259. The number of anilines is 2. The van der Waals surface area contributed by atoms with Gasteiger partial charge in [-0.15, -0.1) is 0 Å². The Bertz CT molecular complexity index is 718. The van der Waals surface area contributed by atoms with E-state index in [0.29, 0.717) is 22.6 Å². The zero-order valence-electron chi connectivity index (χ0n) is 12.6. The molecule has 1 atom stereocenters. The summed E-state index contributed by atoms with van der Waals surface area (Å²) in [6.07, 6.45) is 0. The molecular weight excluding hydrogens is 313 g/mol. The van der Waals surface area contributed by atoms with Crippen molar-refractivity contribution in [1.29, 1.82) is 0 Å². The summed E-state index contributed by atoms with van der Waals surface area (Å²) in [5.41, 5.74) is 1.28. The molecule has 3 rings (SSSR count). The molecule has 1 unspecified atom stereocenters. The maximum absolute atomic E-state index is 13.0. The monoisotopic (exact) mass is 329 g/mol. The van der Waals surface area contributed by atoms with Gasteiger partial charge in [0, 0.05) is 10.9 Å². The van der Waals surface area contributed by atoms with Crippen molar-refractivity contribution >= 4 is 34.3 Å². The van der Waals surface area contributed by atoms with Gasteiger partial charge in [-0.1, -0.05) is 36.9 Å². The van der Waals surface area contributed by atoms with E-state index < -0.39 is 0 Å². The normalized spacial score (nSPS) is 16.8. The molecular formula is C17H16FN3OS. The van der Waals surface area contributed by atoms with Crippen LogP contribution in [0.2, 0.25) is 0 Å². The largest absolute Gasteiger partial charge is 0.332 e. The number of thioether (sulfide) groups is 1. The highest BCUT2D eigenvalue weighted by atomic mass is 32.2. The lowest BCUT2D eigenvalue weighted by Crippen LogP contribution is -2.38. The van der Waals surface area contributed by atoms with Gasteiger partial charge in [0.15, 0.2) is 5.17 Å². The van der Waals surface area contributed by atoms with E-state index in [1.54, 1.807) is 16.7 Å². The van der Waals surface area contributed by atoms with Crippen LogP contribution >= 0.6 is 11.8 Å². The smallest absolute Gasteiger partial charge is 0.307 e. The van der Waals surface area contributed by atoms with Gasteiger partial charge < -0.3 is 5.32 Å². The average Bonchev–Trinajstić information content (AvgIpc) is 2.97. The molecule has 1 heterocycles. The number of benzene rings is 2. The van der Waals surface area contributed by atoms with Crippen molar-refractivity contribution in [3.63, 3.8) is 0 Å². The summed E-state index contributed by atoms with van der Waals surface area (Å²) >= 11 is 1.56. The molecule has 1 aliphatic heterocycles. The van der Waals surface area contributed by atoms with Crippen molar-refractivity contribution in [1.82, 2.24) is 0 Å². The number of rotatable bonds is 2. The number of carbonyl (C=O) groups is 1. The van der Waals surface area contributed by atoms with Gasteiger partial charge in [-0.2, -0.15) is 0 Å². The van der Waals surface area contributed by atoms with Gasteiger partial charge in [0.05, 0.1) is 12.2 Å². The molecule has 23 heavy (non-hydrogen) atoms. The third kappa shape index (κ3) is 3.71. The Morgan fingerprint density at radius 2 is 1.91 bits per heavy atom. The number of hydrogen-bond acceptors (Lipinski definition) is 3. The fraction of sp³-hybridized carbons (Fsp3) is 0.176. The molecule has 118 valence electrons. The van der Waals surface area contributed by atoms with E-state index in [4.69, 9.17) is 0 Å². The minimum atomic E-state index is -0.340. The van der Waals surface area contributed by atoms with Crippen molar-refractivity contribution in [2.24, 2.45) is 4.99 Å². The number of hydrogen-bond donors (Lipinski definition) is 1. The van der Waals surface area contributed by atoms with Crippen LogP contribution in [-0.4, -0.2) is 23.0 Å². The number of halogens is 1. The van der Waals surface area contributed by atoms with Gasteiger partial charge in [-0.05, 0) is 36.4 Å². The summed E-state index contributed by atoms with van der Waals surface area (Å²) in [5, 5.41) is 3.80. The Morgan fingerprint density at radius 3 is 2.52 bits per heavy atom. The summed E-state index contributed by atoms with van der Waals surface area (Å²) in [5.74, 6) is -0.340. The SMILES string of the molecule is CC1CN=C(N(C(=O)Nc2ccc(F)cc2)c2ccccc2)S1. The maximum atomic E-state index is 13.0. The molecule has 2 aromatic carbocycles. The number of urea groups is 1. The van der Waals surface area contributed by atoms with Gasteiger partial charge in [-0.3, -0.25) is 4.99 Å². The fourth-order valence-corrected chi connectivity index (χ4v) is 3.14. The molecule has 2 amide bonds. The summed E-state index contributed by atoms with van der Waals surface area (Å²) in [7, 11) is 0. The van der Waals surface area contributed by atoms with E-state index in [1.165, 1.54) is 24.3 Å². The van der Waals surface area contributed by atoms with Gasteiger partial charge in [0.1, 0.15) is 5.82 Å². The minimum Gasteiger partial charge on any atom is -0.307 e. The molecule has 0 radical (unpaired) electrons. The molecule has 6 heteroatoms. The molecule has 0 spiro atoms. The Kier molecular flexibility index (Phi) is 4.62. The van der Waals surface area contributed by atoms with Gasteiger partial charge in [-0.25, -0.2) is 14.1 Å². The molecule has 0 fully saturated rings. The molecule has 0 bridgehead atoms. The second-order valence-electron chi connectivity index (χ2n) is 5.16. The first kappa shape index (κ1) is 15.6. The summed E-state index contributed by atoms with van der Waals surface area (Å²) in [4.78, 5) is 18.7. The van der Waals surface area contributed by atoms with Crippen LogP contribution in [0.4, 0.5) is 20.6 Å². The van der Waals surface area contributed by atoms with E-state index in [1.807, 2.05) is 30.3 Å². The first-order valence-electron chi connectivity index (χ1n) is 7.26. The van der Waals surface area contributed by atoms with Crippen LogP contribution in [0.25, 0.3) is 0 Å². The van der Waals surface area contributed by atoms with Gasteiger partial charge in [0.2, 0.25) is 0 Å². The third-order valence-corrected chi connectivity index (χ3v) is 4.37. The average molecular weight is 329 g/mol. The van der Waals surface area contributed by atoms with Crippen molar-refractivity contribution in [2.45, 2.75) is 12.2 Å². The number of amides is 2. The number of nitrogens with zero attached hydrogens (tertiary/aromatic N) is 2. The van der Waals surface area contributed by atoms with Crippen molar-refractivity contribution in [3.8, 4) is 0 Å². The highest BCUT2D eigenvalue weighted by Crippen LogP contribution is 2.27. The van der Waals surface area contributed by atoms with Crippen LogP contribution < -0.4 is 10.2 Å². The fourth-order valence-electron chi connectivity index (χ4n) is 2.19. The number of aliphatic imine (C=N–C) groups is 1. The standard InChI is InChI=1S/C17H16FN3OS/c1-12-11-19-17(23-12)21(15-5-3-2-4-6-15)16(22)20-14-9-7-13(18)8-10-14/h2-10,12H,11H2,1H3,(H,20,22). The molecule has 0 saturated carbocycles. The van der Waals surface area contributed by atoms with Crippen molar-refractivity contribution < 1.29 is 9.18 Å². The Morgan fingerprint density at radius 1 is 1.22 bits per heavy atom. The van der Waals surface area contributed by atoms with Crippen LogP contribution in [-0.2, 0) is 0 Å². The lowest BCUT2D eigenvalue weighted by atomic mass is 10.3. The number of para-hydroxylation sites is 1. The third-order valence-electron chi connectivity index (χ3n) is 3.29. The Hall–Kier alpha value is -2.34. The summed E-state index contributed by atoms with van der Waals surface area (Å²) in [6, 6.07) is 14.7. The maximum Gasteiger partial charge on any atom is 0.332 e. The van der Waals surface area contributed by atoms with Gasteiger partial charge in [0.25, 0.3) is 0 Å². The number of carbonyl (C=O) groups excluding carboxylic acids is 1. The molecule has 0 saturated heterocycles. The zero-order chi connectivity index (χ0) is 16.2. The van der Waals surface area contributed by atoms with Crippen molar-refractivity contribution in [2.75, 3.05) is 16.8 Å². The first-order chi connectivity index (χ1) is 11.1. The van der Waals surface area contributed by atoms with Crippen molar-refractivity contribution in [3.05, 3.63) is 60.4 Å². The quantitative estimate of drug-likeness (QED) is 0.890. The van der Waals surface area contributed by atoms with Crippen LogP contribution in [0.1, 0.15) is 6.92 Å². The second-order valence-corrected chi connectivity index (χ2v) is 6.57. The number of nitrogens with one attached hydrogen (secondary N) is 1. The Balaban J connectivity index is 1.86. The van der Waals surface area contributed by atoms with Crippen LogP contribution in [0, 0.1) is 5.82 Å². The van der Waals surface area contributed by atoms with Crippen LogP contribution in [0.15, 0.2) is 59.6 Å². The van der Waals surface area contributed by atoms with Crippen LogP contribution in [0.5, 0.6) is 0 Å². The summed E-state index contributed by atoms with van der Waals surface area (Å²) < 4.78 is 13.0. The minimum absolute atomic E-state index is 0.317. The molecule has 1 N–H and O–H groups in total. The zero-order valence-corrected chi connectivity index (χ0v) is 13.4. The van der Waals surface area contributed by atoms with Gasteiger partial charge >= 0.3 is 6.03 Å². The number of amidine groups is 1. The highest BCUT2D eigenvalue weighted by Gasteiger charge is 2.27. The molecule has 1 aliphatic rings. The van der Waals surface area contributed by atoms with E-state index in [-0.39, 0.29) is 11.8 Å². The topological polar surface area (TPSA) is 44.7 Å². The molecule has 0 aliphatic carbocycles. The van der Waals surface area contributed by atoms with E-state index in [9.17, 15) is 9.18 Å².